The molecule has 0 spiro atoms. The Morgan fingerprint density at radius 1 is 1.43 bits per heavy atom. The van der Waals surface area contributed by atoms with Gasteiger partial charge in [0.25, 0.3) is 5.91 Å². The first-order valence-electron chi connectivity index (χ1n) is 6.68. The number of ether oxygens (including phenoxy) is 1. The lowest BCUT2D eigenvalue weighted by Crippen LogP contribution is -2.15. The van der Waals surface area contributed by atoms with E-state index in [1.807, 2.05) is 16.8 Å². The van der Waals surface area contributed by atoms with E-state index in [1.54, 1.807) is 28.3 Å². The summed E-state index contributed by atoms with van der Waals surface area (Å²) >= 11 is 1.60. The second-order valence-electron chi connectivity index (χ2n) is 4.65. The summed E-state index contributed by atoms with van der Waals surface area (Å²) in [6.07, 6.45) is 2.79. The standard InChI is InChI=1S/C15H13N3O4S/c1-21-15(20)11-6-12(22-8-11)14(19)17-13-2-4-16-18(13)7-10-3-5-23-9-10/h2-6,8-9H,7H2,1H3,(H,17,19). The Kier molecular flexibility index (Phi) is 4.24. The highest BCUT2D eigenvalue weighted by molar-refractivity contribution is 7.07. The number of thiophene rings is 1. The predicted octanol–water partition coefficient (Wildman–Crippen LogP) is 2.62. The van der Waals surface area contributed by atoms with Gasteiger partial charge in [-0.2, -0.15) is 16.4 Å². The summed E-state index contributed by atoms with van der Waals surface area (Å²) in [5.74, 6) is -0.464. The highest BCUT2D eigenvalue weighted by Gasteiger charge is 2.17. The molecule has 0 aromatic carbocycles. The third-order valence-electron chi connectivity index (χ3n) is 3.11. The maximum atomic E-state index is 12.2. The number of hydrogen-bond acceptors (Lipinski definition) is 6. The van der Waals surface area contributed by atoms with Crippen LogP contribution in [0.15, 0.2) is 45.8 Å². The molecule has 3 aromatic heterocycles. The number of nitrogens with zero attached hydrogens (tertiary/aromatic N) is 2. The number of rotatable bonds is 5. The van der Waals surface area contributed by atoms with Crippen molar-refractivity contribution in [2.45, 2.75) is 6.54 Å². The quantitative estimate of drug-likeness (QED) is 0.726. The number of methoxy groups -OCH3 is 1. The lowest BCUT2D eigenvalue weighted by molar-refractivity contribution is 0.0600. The van der Waals surface area contributed by atoms with E-state index < -0.39 is 11.9 Å². The van der Waals surface area contributed by atoms with Crippen molar-refractivity contribution in [1.82, 2.24) is 9.78 Å². The third kappa shape index (κ3) is 3.32. The van der Waals surface area contributed by atoms with E-state index in [1.165, 1.54) is 19.4 Å². The summed E-state index contributed by atoms with van der Waals surface area (Å²) in [7, 11) is 1.26. The minimum atomic E-state index is -0.560. The Morgan fingerprint density at radius 2 is 2.30 bits per heavy atom. The maximum Gasteiger partial charge on any atom is 0.341 e. The fourth-order valence-electron chi connectivity index (χ4n) is 1.98. The molecule has 0 radical (unpaired) electrons. The average molecular weight is 331 g/mol. The molecule has 3 heterocycles. The molecule has 0 saturated heterocycles. The normalized spacial score (nSPS) is 10.5. The maximum absolute atomic E-state index is 12.2. The van der Waals surface area contributed by atoms with Crippen LogP contribution in [-0.2, 0) is 11.3 Å². The number of carbonyl (C=O) groups is 2. The van der Waals surface area contributed by atoms with Crippen molar-refractivity contribution in [3.05, 3.63) is 58.3 Å². The summed E-state index contributed by atoms with van der Waals surface area (Å²) in [6.45, 7) is 0.553. The van der Waals surface area contributed by atoms with E-state index in [0.29, 0.717) is 12.4 Å². The first-order valence-corrected chi connectivity index (χ1v) is 7.62. The van der Waals surface area contributed by atoms with E-state index in [0.717, 1.165) is 5.56 Å². The molecule has 0 aliphatic rings. The van der Waals surface area contributed by atoms with Gasteiger partial charge in [0, 0.05) is 12.1 Å². The van der Waals surface area contributed by atoms with Gasteiger partial charge in [-0.05, 0) is 22.4 Å². The van der Waals surface area contributed by atoms with Crippen molar-refractivity contribution < 1.29 is 18.7 Å². The molecule has 0 unspecified atom stereocenters. The zero-order chi connectivity index (χ0) is 16.2. The Balaban J connectivity index is 1.72. The molecule has 3 aromatic rings. The van der Waals surface area contributed by atoms with Crippen LogP contribution in [0.1, 0.15) is 26.5 Å². The van der Waals surface area contributed by atoms with E-state index >= 15 is 0 Å². The highest BCUT2D eigenvalue weighted by Crippen LogP contribution is 2.15. The minimum Gasteiger partial charge on any atom is -0.465 e. The van der Waals surface area contributed by atoms with Crippen molar-refractivity contribution in [3.63, 3.8) is 0 Å². The first kappa shape index (κ1) is 15.0. The van der Waals surface area contributed by atoms with Gasteiger partial charge in [-0.25, -0.2) is 9.48 Å². The van der Waals surface area contributed by atoms with Gasteiger partial charge >= 0.3 is 5.97 Å². The number of amides is 1. The molecule has 0 aliphatic carbocycles. The van der Waals surface area contributed by atoms with Gasteiger partial charge in [-0.15, -0.1) is 0 Å². The predicted molar refractivity (Wildman–Crippen MR) is 83.6 cm³/mol. The van der Waals surface area contributed by atoms with E-state index in [4.69, 9.17) is 4.42 Å². The molecule has 23 heavy (non-hydrogen) atoms. The molecule has 0 fully saturated rings. The monoisotopic (exact) mass is 331 g/mol. The molecule has 7 nitrogen and oxygen atoms in total. The number of anilines is 1. The topological polar surface area (TPSA) is 86.4 Å². The molecule has 1 N–H and O–H groups in total. The van der Waals surface area contributed by atoms with E-state index in [-0.39, 0.29) is 11.3 Å². The van der Waals surface area contributed by atoms with Crippen LogP contribution < -0.4 is 5.32 Å². The Bertz CT molecular complexity index is 820. The van der Waals surface area contributed by atoms with E-state index in [9.17, 15) is 9.59 Å². The smallest absolute Gasteiger partial charge is 0.341 e. The molecule has 8 heteroatoms. The lowest BCUT2D eigenvalue weighted by atomic mass is 10.3. The fourth-order valence-corrected chi connectivity index (χ4v) is 2.64. The second-order valence-corrected chi connectivity index (χ2v) is 5.43. The van der Waals surface area contributed by atoms with E-state index in [2.05, 4.69) is 15.2 Å². The zero-order valence-electron chi connectivity index (χ0n) is 12.2. The molecule has 0 saturated carbocycles. The number of hydrogen-bond donors (Lipinski definition) is 1. The Labute approximate surface area is 135 Å². The Morgan fingerprint density at radius 3 is 3.04 bits per heavy atom. The average Bonchev–Trinajstić information content (AvgIpc) is 3.28. The van der Waals surface area contributed by atoms with Crippen molar-refractivity contribution in [3.8, 4) is 0 Å². The van der Waals surface area contributed by atoms with Gasteiger partial charge in [0.05, 0.1) is 25.4 Å². The van der Waals surface area contributed by atoms with Crippen LogP contribution in [0.4, 0.5) is 5.82 Å². The second kappa shape index (κ2) is 6.49. The van der Waals surface area contributed by atoms with Crippen molar-refractivity contribution in [2.24, 2.45) is 0 Å². The van der Waals surface area contributed by atoms with Gasteiger partial charge in [0.1, 0.15) is 12.1 Å². The summed E-state index contributed by atoms with van der Waals surface area (Å²) in [6, 6.07) is 5.02. The third-order valence-corrected chi connectivity index (χ3v) is 3.85. The molecule has 1 amide bonds. The van der Waals surface area contributed by atoms with Crippen molar-refractivity contribution in [1.29, 1.82) is 0 Å². The van der Waals surface area contributed by atoms with Crippen LogP contribution in [0, 0.1) is 0 Å². The molecular weight excluding hydrogens is 318 g/mol. The van der Waals surface area contributed by atoms with Crippen LogP contribution in [0.3, 0.4) is 0 Å². The number of nitrogens with one attached hydrogen (secondary N) is 1. The summed E-state index contributed by atoms with van der Waals surface area (Å²) in [5, 5.41) is 10.9. The van der Waals surface area contributed by atoms with Gasteiger partial charge in [-0.3, -0.25) is 4.79 Å². The SMILES string of the molecule is COC(=O)c1coc(C(=O)Nc2ccnn2Cc2ccsc2)c1. The first-order chi connectivity index (χ1) is 11.2. The van der Waals surface area contributed by atoms with Gasteiger partial charge in [0.15, 0.2) is 5.76 Å². The van der Waals surface area contributed by atoms with Crippen LogP contribution in [-0.4, -0.2) is 28.8 Å². The molecule has 0 atom stereocenters. The van der Waals surface area contributed by atoms with Crippen LogP contribution in [0.5, 0.6) is 0 Å². The van der Waals surface area contributed by atoms with Crippen LogP contribution in [0.25, 0.3) is 0 Å². The van der Waals surface area contributed by atoms with Crippen molar-refractivity contribution >= 4 is 29.0 Å². The number of furan rings is 1. The summed E-state index contributed by atoms with van der Waals surface area (Å²) in [4.78, 5) is 23.6. The van der Waals surface area contributed by atoms with Crippen LogP contribution in [0.2, 0.25) is 0 Å². The molecular formula is C15H13N3O4S. The zero-order valence-corrected chi connectivity index (χ0v) is 13.0. The molecule has 0 aliphatic heterocycles. The highest BCUT2D eigenvalue weighted by atomic mass is 32.1. The van der Waals surface area contributed by atoms with Gasteiger partial charge in [0.2, 0.25) is 0 Å². The van der Waals surface area contributed by atoms with Gasteiger partial charge in [-0.1, -0.05) is 0 Å². The number of carbonyl (C=O) groups excluding carboxylic acids is 2. The summed E-state index contributed by atoms with van der Waals surface area (Å²) in [5.41, 5.74) is 1.28. The largest absolute Gasteiger partial charge is 0.465 e. The van der Waals surface area contributed by atoms with Crippen LogP contribution >= 0.6 is 11.3 Å². The number of esters is 1. The minimum absolute atomic E-state index is 0.0219. The number of aromatic nitrogens is 2. The van der Waals surface area contributed by atoms with Crippen molar-refractivity contribution in [2.75, 3.05) is 12.4 Å². The Hall–Kier alpha value is -2.87. The molecule has 3 rings (SSSR count). The molecule has 0 bridgehead atoms. The lowest BCUT2D eigenvalue weighted by Gasteiger charge is -2.07. The summed E-state index contributed by atoms with van der Waals surface area (Å²) < 4.78 is 11.3. The fraction of sp³-hybridized carbons (Fsp3) is 0.133. The van der Waals surface area contributed by atoms with Gasteiger partial charge < -0.3 is 14.5 Å². The molecule has 118 valence electrons.